The summed E-state index contributed by atoms with van der Waals surface area (Å²) in [5.74, 6) is 0.0279. The third-order valence-corrected chi connectivity index (χ3v) is 7.75. The van der Waals surface area contributed by atoms with Crippen LogP contribution in [0.1, 0.15) is 90.5 Å². The Morgan fingerprint density at radius 1 is 0.850 bits per heavy atom. The average Bonchev–Trinajstić information content (AvgIpc) is 3.27. The van der Waals surface area contributed by atoms with Crippen LogP contribution in [0, 0.1) is 34.0 Å². The fourth-order valence-corrected chi connectivity index (χ4v) is 5.57. The Hall–Kier alpha value is -3.79. The van der Waals surface area contributed by atoms with Gasteiger partial charge in [0.25, 0.3) is 0 Å². The first-order valence-electron chi connectivity index (χ1n) is 14.7. The minimum atomic E-state index is -0.941. The highest BCUT2D eigenvalue weighted by Crippen LogP contribution is 2.48. The van der Waals surface area contributed by atoms with Gasteiger partial charge >= 0.3 is 0 Å². The first-order valence-corrected chi connectivity index (χ1v) is 14.7. The first-order chi connectivity index (χ1) is 19.5. The van der Waals surface area contributed by atoms with E-state index < -0.39 is 5.60 Å². The molecule has 0 spiro atoms. The van der Waals surface area contributed by atoms with Gasteiger partial charge in [0.1, 0.15) is 29.4 Å². The second-order valence-corrected chi connectivity index (χ2v) is 10.8. The predicted octanol–water partition coefficient (Wildman–Crippen LogP) is 7.95. The monoisotopic (exact) mass is 538 g/mol. The number of nitrogens with zero attached hydrogens (tertiary/aromatic N) is 4. The molecular formula is C34H42N4O2. The molecule has 6 heteroatoms. The zero-order chi connectivity index (χ0) is 29.0. The molecule has 0 saturated heterocycles. The van der Waals surface area contributed by atoms with E-state index in [1.54, 1.807) is 0 Å². The van der Waals surface area contributed by atoms with Crippen LogP contribution in [0.15, 0.2) is 53.3 Å². The van der Waals surface area contributed by atoms with Crippen molar-refractivity contribution in [2.45, 2.75) is 90.6 Å². The average molecular weight is 539 g/mol. The predicted molar refractivity (Wildman–Crippen MR) is 161 cm³/mol. The van der Waals surface area contributed by atoms with E-state index in [1.807, 2.05) is 25.1 Å². The van der Waals surface area contributed by atoms with Crippen molar-refractivity contribution in [1.82, 2.24) is 0 Å². The van der Waals surface area contributed by atoms with Crippen LogP contribution in [0.2, 0.25) is 0 Å². The lowest BCUT2D eigenvalue weighted by atomic mass is 9.84. The number of unbranched alkanes of at least 4 members (excludes halogenated alkanes) is 6. The van der Waals surface area contributed by atoms with Gasteiger partial charge in [-0.3, -0.25) is 0 Å². The summed E-state index contributed by atoms with van der Waals surface area (Å²) in [6, 6.07) is 18.6. The molecule has 0 fully saturated rings. The van der Waals surface area contributed by atoms with Crippen LogP contribution in [0.4, 0.5) is 5.69 Å². The van der Waals surface area contributed by atoms with Gasteiger partial charge in [0.15, 0.2) is 11.3 Å². The number of anilines is 1. The molecule has 0 saturated carbocycles. The zero-order valence-electron chi connectivity index (χ0n) is 24.3. The summed E-state index contributed by atoms with van der Waals surface area (Å²) in [4.78, 5) is 2.52. The van der Waals surface area contributed by atoms with Crippen LogP contribution >= 0.6 is 0 Å². The van der Waals surface area contributed by atoms with Gasteiger partial charge in [0, 0.05) is 31.0 Å². The number of fused-ring (bicyclic) bond motifs is 1. The maximum Gasteiger partial charge on any atom is 0.172 e. The van der Waals surface area contributed by atoms with E-state index in [1.165, 1.54) is 57.1 Å². The van der Waals surface area contributed by atoms with E-state index in [9.17, 15) is 20.9 Å². The molecule has 0 amide bonds. The van der Waals surface area contributed by atoms with Gasteiger partial charge in [0.05, 0.1) is 0 Å². The minimum Gasteiger partial charge on any atom is -0.479 e. The van der Waals surface area contributed by atoms with Gasteiger partial charge in [-0.15, -0.1) is 0 Å². The molecule has 1 atom stereocenters. The molecule has 40 heavy (non-hydrogen) atoms. The summed E-state index contributed by atoms with van der Waals surface area (Å²) < 4.78 is 6.16. The van der Waals surface area contributed by atoms with Gasteiger partial charge in [-0.25, -0.2) is 0 Å². The van der Waals surface area contributed by atoms with Crippen molar-refractivity contribution >= 4 is 22.0 Å². The number of nitriles is 3. The fourth-order valence-electron chi connectivity index (χ4n) is 5.57. The Morgan fingerprint density at radius 2 is 1.48 bits per heavy atom. The van der Waals surface area contributed by atoms with E-state index in [2.05, 4.69) is 55.1 Å². The number of rotatable bonds is 15. The molecule has 0 aliphatic carbocycles. The van der Waals surface area contributed by atoms with Crippen molar-refractivity contribution in [3.8, 4) is 18.2 Å². The quantitative estimate of drug-likeness (QED) is 0.182. The van der Waals surface area contributed by atoms with Crippen molar-refractivity contribution in [3.05, 3.63) is 58.9 Å². The summed E-state index contributed by atoms with van der Waals surface area (Å²) in [5.41, 5.74) is 1.76. The number of aliphatic hydroxyl groups excluding tert-OH is 1. The number of allylic oxidation sites excluding steroid dienone is 2. The van der Waals surface area contributed by atoms with E-state index in [0.29, 0.717) is 18.4 Å². The molecule has 0 aromatic heterocycles. The van der Waals surface area contributed by atoms with Crippen molar-refractivity contribution < 1.29 is 9.84 Å². The van der Waals surface area contributed by atoms with Gasteiger partial charge < -0.3 is 14.7 Å². The third kappa shape index (κ3) is 7.24. The van der Waals surface area contributed by atoms with Gasteiger partial charge in [-0.2, -0.15) is 15.8 Å². The summed E-state index contributed by atoms with van der Waals surface area (Å²) in [6.45, 7) is 8.44. The van der Waals surface area contributed by atoms with Gasteiger partial charge in [0.2, 0.25) is 0 Å². The van der Waals surface area contributed by atoms with Crippen molar-refractivity contribution in [2.24, 2.45) is 0 Å². The highest BCUT2D eigenvalue weighted by Gasteiger charge is 2.43. The maximum absolute atomic E-state index is 10.1. The second kappa shape index (κ2) is 15.1. The van der Waals surface area contributed by atoms with Crippen LogP contribution in [0.5, 0.6) is 0 Å². The van der Waals surface area contributed by atoms with Gasteiger partial charge in [-0.05, 0) is 67.1 Å². The molecule has 1 unspecified atom stereocenters. The van der Waals surface area contributed by atoms with E-state index in [-0.39, 0.29) is 23.5 Å². The minimum absolute atomic E-state index is 0.0234. The van der Waals surface area contributed by atoms with Crippen LogP contribution in [-0.4, -0.2) is 30.4 Å². The van der Waals surface area contributed by atoms with Crippen LogP contribution in [0.25, 0.3) is 16.3 Å². The zero-order valence-corrected chi connectivity index (χ0v) is 24.3. The molecule has 210 valence electrons. The summed E-state index contributed by atoms with van der Waals surface area (Å²) in [5, 5.41) is 40.7. The number of hydrogen-bond acceptors (Lipinski definition) is 6. The molecule has 2 aromatic carbocycles. The lowest BCUT2D eigenvalue weighted by molar-refractivity contribution is 0.0751. The van der Waals surface area contributed by atoms with Gasteiger partial charge in [-0.1, -0.05) is 70.6 Å². The highest BCUT2D eigenvalue weighted by atomic mass is 16.5. The Labute approximate surface area is 239 Å². The normalized spacial score (nSPS) is 16.4. The number of aliphatic hydroxyl groups is 1. The van der Waals surface area contributed by atoms with E-state index in [0.717, 1.165) is 29.4 Å². The number of ether oxygens (including phenoxy) is 1. The molecule has 1 aliphatic rings. The van der Waals surface area contributed by atoms with Crippen molar-refractivity contribution in [1.29, 1.82) is 15.8 Å². The molecular weight excluding hydrogens is 496 g/mol. The fraction of sp³-hybridized carbons (Fsp3) is 0.500. The third-order valence-electron chi connectivity index (χ3n) is 7.75. The molecule has 0 bridgehead atoms. The standard InChI is InChI=1S/C34H42N4O2/c1-4-6-8-10-18-38(19-11-9-7-5-2)30-16-15-26-21-28(14-13-27(26)22-30)32-31(25-37)33(29(23-35)24-36)40-34(32,3)17-12-20-39/h13-16,21-22,39H,4-12,17-20H2,1-3H3. The smallest absolute Gasteiger partial charge is 0.172 e. The molecule has 1 N–H and O–H groups in total. The molecule has 2 aromatic rings. The van der Waals surface area contributed by atoms with Crippen molar-refractivity contribution in [2.75, 3.05) is 24.6 Å². The molecule has 1 aliphatic heterocycles. The molecule has 3 rings (SSSR count). The Kier molecular flexibility index (Phi) is 11.6. The van der Waals surface area contributed by atoms with Crippen LogP contribution in [-0.2, 0) is 4.74 Å². The second-order valence-electron chi connectivity index (χ2n) is 10.8. The van der Waals surface area contributed by atoms with Crippen molar-refractivity contribution in [3.63, 3.8) is 0 Å². The lowest BCUT2D eigenvalue weighted by Gasteiger charge is -2.28. The number of hydrogen-bond donors (Lipinski definition) is 1. The summed E-state index contributed by atoms with van der Waals surface area (Å²) >= 11 is 0. The highest BCUT2D eigenvalue weighted by molar-refractivity contribution is 5.92. The van der Waals surface area contributed by atoms with Crippen LogP contribution < -0.4 is 4.90 Å². The maximum atomic E-state index is 10.1. The Morgan fingerprint density at radius 3 is 2.05 bits per heavy atom. The lowest BCUT2D eigenvalue weighted by Crippen LogP contribution is -2.26. The number of benzene rings is 2. The van der Waals surface area contributed by atoms with Crippen LogP contribution in [0.3, 0.4) is 0 Å². The topological polar surface area (TPSA) is 104 Å². The van der Waals surface area contributed by atoms with E-state index >= 15 is 0 Å². The SMILES string of the molecule is CCCCCCN(CCCCCC)c1ccc2cc(C3=C(C#N)C(=C(C#N)C#N)OC3(C)CCCO)ccc2c1. The Bertz CT molecular complexity index is 1330. The summed E-state index contributed by atoms with van der Waals surface area (Å²) in [7, 11) is 0. The Balaban J connectivity index is 2.01. The molecule has 1 heterocycles. The first kappa shape index (κ1) is 30.7. The molecule has 0 radical (unpaired) electrons. The molecule has 6 nitrogen and oxygen atoms in total. The summed E-state index contributed by atoms with van der Waals surface area (Å²) in [6.07, 6.45) is 10.8. The largest absolute Gasteiger partial charge is 0.479 e. The van der Waals surface area contributed by atoms with E-state index in [4.69, 9.17) is 4.74 Å².